The molecule has 0 amide bonds. The van der Waals surface area contributed by atoms with Crippen LogP contribution in [-0.2, 0) is 17.1 Å². The number of carbonyl (C=O) groups is 1. The van der Waals surface area contributed by atoms with Crippen LogP contribution >= 0.6 is 11.3 Å². The van der Waals surface area contributed by atoms with Crippen LogP contribution < -0.4 is 4.72 Å². The molecule has 108 valence electrons. The Bertz CT molecular complexity index is 775. The van der Waals surface area contributed by atoms with Gasteiger partial charge < -0.3 is 5.11 Å². The molecule has 0 aliphatic carbocycles. The van der Waals surface area contributed by atoms with Gasteiger partial charge in [-0.1, -0.05) is 0 Å². The molecule has 0 saturated heterocycles. The third-order valence-corrected chi connectivity index (χ3v) is 5.54. The number of aryl methyl sites for hydroxylation is 3. The Morgan fingerprint density at radius 3 is 2.60 bits per heavy atom. The van der Waals surface area contributed by atoms with Crippen molar-refractivity contribution in [3.05, 3.63) is 22.6 Å². The molecule has 0 bridgehead atoms. The van der Waals surface area contributed by atoms with Crippen LogP contribution in [-0.4, -0.2) is 34.3 Å². The van der Waals surface area contributed by atoms with Gasteiger partial charge in [0.1, 0.15) is 5.69 Å². The summed E-state index contributed by atoms with van der Waals surface area (Å²) >= 11 is 1.03. The van der Waals surface area contributed by atoms with Gasteiger partial charge in [-0.2, -0.15) is 5.10 Å². The molecule has 0 radical (unpaired) electrons. The predicted octanol–water partition coefficient (Wildman–Crippen LogP) is 0.992. The Kier molecular flexibility index (Phi) is 3.52. The highest BCUT2D eigenvalue weighted by atomic mass is 32.2. The van der Waals surface area contributed by atoms with E-state index in [2.05, 4.69) is 14.8 Å². The smallest absolute Gasteiger partial charge is 0.356 e. The first-order valence-corrected chi connectivity index (χ1v) is 7.74. The lowest BCUT2D eigenvalue weighted by molar-refractivity contribution is 0.0686. The average molecular weight is 316 g/mol. The molecule has 8 nitrogen and oxygen atoms in total. The first-order valence-electron chi connectivity index (χ1n) is 5.44. The van der Waals surface area contributed by atoms with Gasteiger partial charge in [0.2, 0.25) is 0 Å². The zero-order valence-electron chi connectivity index (χ0n) is 10.9. The van der Waals surface area contributed by atoms with Crippen molar-refractivity contribution in [1.82, 2.24) is 14.8 Å². The van der Waals surface area contributed by atoms with Gasteiger partial charge in [0.25, 0.3) is 10.0 Å². The van der Waals surface area contributed by atoms with Crippen molar-refractivity contribution < 1.29 is 18.3 Å². The Morgan fingerprint density at radius 1 is 1.45 bits per heavy atom. The fourth-order valence-electron chi connectivity index (χ4n) is 1.72. The Labute approximate surface area is 119 Å². The van der Waals surface area contributed by atoms with Crippen LogP contribution in [0.1, 0.15) is 21.2 Å². The van der Waals surface area contributed by atoms with Gasteiger partial charge in [0.15, 0.2) is 9.90 Å². The maximum absolute atomic E-state index is 12.2. The van der Waals surface area contributed by atoms with Gasteiger partial charge in [-0.3, -0.25) is 9.40 Å². The van der Waals surface area contributed by atoms with Crippen molar-refractivity contribution in [1.29, 1.82) is 0 Å². The summed E-state index contributed by atoms with van der Waals surface area (Å²) in [6.45, 7) is 3.28. The van der Waals surface area contributed by atoms with E-state index < -0.39 is 16.0 Å². The molecule has 0 aromatic carbocycles. The summed E-state index contributed by atoms with van der Waals surface area (Å²) in [5.41, 5.74) is 0.0682. The van der Waals surface area contributed by atoms with Crippen LogP contribution in [0.2, 0.25) is 0 Å². The van der Waals surface area contributed by atoms with Crippen molar-refractivity contribution in [3.63, 3.8) is 0 Å². The summed E-state index contributed by atoms with van der Waals surface area (Å²) in [5, 5.41) is 13.4. The Hall–Kier alpha value is -1.94. The fraction of sp³-hybridized carbons (Fsp3) is 0.300. The second kappa shape index (κ2) is 4.87. The molecular weight excluding hydrogens is 304 g/mol. The maximum Gasteiger partial charge on any atom is 0.356 e. The zero-order valence-corrected chi connectivity index (χ0v) is 12.5. The summed E-state index contributed by atoms with van der Waals surface area (Å²) in [4.78, 5) is 15.1. The third kappa shape index (κ3) is 2.51. The number of thiazole rings is 1. The number of anilines is 1. The van der Waals surface area contributed by atoms with Crippen molar-refractivity contribution in [2.75, 3.05) is 4.72 Å². The van der Waals surface area contributed by atoms with E-state index in [9.17, 15) is 13.2 Å². The standard InChI is InChI=1S/C10H12N4O4S2/c1-5-10(19-6(2)12-5)20(17,18)13-7-4-11-14(3)8(7)9(15)16/h4,13H,1-3H3,(H,15,16). The van der Waals surface area contributed by atoms with Gasteiger partial charge in [0, 0.05) is 7.05 Å². The molecule has 0 unspecified atom stereocenters. The maximum atomic E-state index is 12.2. The second-order valence-electron chi connectivity index (χ2n) is 4.05. The number of hydrogen-bond donors (Lipinski definition) is 2. The molecule has 0 aliphatic rings. The molecule has 0 aliphatic heterocycles. The molecule has 2 aromatic rings. The van der Waals surface area contributed by atoms with Crippen LogP contribution in [0, 0.1) is 13.8 Å². The van der Waals surface area contributed by atoms with E-state index in [0.29, 0.717) is 10.7 Å². The van der Waals surface area contributed by atoms with E-state index in [1.807, 2.05) is 0 Å². The van der Waals surface area contributed by atoms with Gasteiger partial charge in [-0.15, -0.1) is 11.3 Å². The van der Waals surface area contributed by atoms with Crippen LogP contribution in [0.15, 0.2) is 10.4 Å². The van der Waals surface area contributed by atoms with Gasteiger partial charge in [-0.05, 0) is 13.8 Å². The summed E-state index contributed by atoms with van der Waals surface area (Å²) in [6, 6.07) is 0. The normalized spacial score (nSPS) is 11.6. The number of aromatic nitrogens is 3. The van der Waals surface area contributed by atoms with Crippen molar-refractivity contribution in [2.24, 2.45) is 7.05 Å². The topological polar surface area (TPSA) is 114 Å². The first-order chi connectivity index (χ1) is 9.22. The molecule has 2 heterocycles. The summed E-state index contributed by atoms with van der Waals surface area (Å²) in [6.07, 6.45) is 1.16. The number of carboxylic acid groups (broad SMARTS) is 1. The molecule has 20 heavy (non-hydrogen) atoms. The lowest BCUT2D eigenvalue weighted by Gasteiger charge is -2.06. The molecule has 0 atom stereocenters. The van der Waals surface area contributed by atoms with E-state index in [-0.39, 0.29) is 15.6 Å². The number of nitrogens with zero attached hydrogens (tertiary/aromatic N) is 3. The van der Waals surface area contributed by atoms with E-state index >= 15 is 0 Å². The van der Waals surface area contributed by atoms with Crippen LogP contribution in [0.25, 0.3) is 0 Å². The number of aromatic carboxylic acids is 1. The van der Waals surface area contributed by atoms with Crippen molar-refractivity contribution >= 4 is 33.0 Å². The Morgan fingerprint density at radius 2 is 2.10 bits per heavy atom. The fourth-order valence-corrected chi connectivity index (χ4v) is 4.25. The molecule has 2 aromatic heterocycles. The highest BCUT2D eigenvalue weighted by Gasteiger charge is 2.25. The molecular formula is C10H12N4O4S2. The SMILES string of the molecule is Cc1nc(C)c(S(=O)(=O)Nc2cnn(C)c2C(=O)O)s1. The lowest BCUT2D eigenvalue weighted by Crippen LogP contribution is -2.16. The largest absolute Gasteiger partial charge is 0.476 e. The van der Waals surface area contributed by atoms with E-state index in [4.69, 9.17) is 5.11 Å². The minimum Gasteiger partial charge on any atom is -0.476 e. The average Bonchev–Trinajstić information content (AvgIpc) is 2.82. The van der Waals surface area contributed by atoms with E-state index in [1.54, 1.807) is 13.8 Å². The van der Waals surface area contributed by atoms with Gasteiger partial charge in [-0.25, -0.2) is 18.2 Å². The highest BCUT2D eigenvalue weighted by molar-refractivity contribution is 7.94. The van der Waals surface area contributed by atoms with Crippen LogP contribution in [0.5, 0.6) is 0 Å². The number of carboxylic acids is 1. The highest BCUT2D eigenvalue weighted by Crippen LogP contribution is 2.26. The summed E-state index contributed by atoms with van der Waals surface area (Å²) < 4.78 is 27.9. The second-order valence-corrected chi connectivity index (χ2v) is 7.13. The van der Waals surface area contributed by atoms with Crippen molar-refractivity contribution in [3.8, 4) is 0 Å². The Balaban J connectivity index is 2.44. The summed E-state index contributed by atoms with van der Waals surface area (Å²) in [7, 11) is -2.46. The minimum atomic E-state index is -3.88. The molecule has 0 fully saturated rings. The predicted molar refractivity (Wildman–Crippen MR) is 72.6 cm³/mol. The number of nitrogens with one attached hydrogen (secondary N) is 1. The minimum absolute atomic E-state index is 0.0650. The number of sulfonamides is 1. The molecule has 2 N–H and O–H groups in total. The van der Waals surface area contributed by atoms with Gasteiger partial charge in [0.05, 0.1) is 16.9 Å². The number of hydrogen-bond acceptors (Lipinski definition) is 6. The lowest BCUT2D eigenvalue weighted by atomic mass is 10.4. The molecule has 0 saturated carbocycles. The monoisotopic (exact) mass is 316 g/mol. The first kappa shape index (κ1) is 14.5. The molecule has 10 heteroatoms. The molecule has 0 spiro atoms. The van der Waals surface area contributed by atoms with Crippen LogP contribution in [0.4, 0.5) is 5.69 Å². The van der Waals surface area contributed by atoms with E-state index in [1.165, 1.54) is 7.05 Å². The van der Waals surface area contributed by atoms with E-state index in [0.717, 1.165) is 22.2 Å². The van der Waals surface area contributed by atoms with Gasteiger partial charge >= 0.3 is 5.97 Å². The third-order valence-electron chi connectivity index (χ3n) is 2.49. The van der Waals surface area contributed by atoms with Crippen LogP contribution in [0.3, 0.4) is 0 Å². The zero-order chi connectivity index (χ0) is 15.1. The van der Waals surface area contributed by atoms with Crippen molar-refractivity contribution in [2.45, 2.75) is 18.1 Å². The molecule has 2 rings (SSSR count). The number of rotatable bonds is 4. The quantitative estimate of drug-likeness (QED) is 0.869. The summed E-state index contributed by atoms with van der Waals surface area (Å²) in [5.74, 6) is -1.26.